The Morgan fingerprint density at radius 1 is 1.37 bits per heavy atom. The zero-order valence-corrected chi connectivity index (χ0v) is 11.3. The Morgan fingerprint density at radius 3 is 2.63 bits per heavy atom. The second kappa shape index (κ2) is 5.28. The average Bonchev–Trinajstić information content (AvgIpc) is 2.81. The lowest BCUT2D eigenvalue weighted by atomic mass is 10.1. The van der Waals surface area contributed by atoms with Crippen molar-refractivity contribution in [1.29, 1.82) is 0 Å². The lowest BCUT2D eigenvalue weighted by Crippen LogP contribution is -2.17. The molecule has 0 aliphatic heterocycles. The molecule has 0 radical (unpaired) electrons. The largest absolute Gasteiger partial charge is 0.396 e. The molecule has 6 heteroatoms. The van der Waals surface area contributed by atoms with Crippen LogP contribution >= 0.6 is 11.3 Å². The van der Waals surface area contributed by atoms with Gasteiger partial charge in [0.15, 0.2) is 0 Å². The Balaban J connectivity index is 2.44. The quantitative estimate of drug-likeness (QED) is 0.834. The van der Waals surface area contributed by atoms with Gasteiger partial charge in [-0.25, -0.2) is 4.98 Å². The number of halogens is 3. The van der Waals surface area contributed by atoms with Crippen LogP contribution in [0.15, 0.2) is 24.5 Å². The van der Waals surface area contributed by atoms with Gasteiger partial charge in [-0.15, -0.1) is 11.3 Å². The Kier molecular flexibility index (Phi) is 3.89. The highest BCUT2D eigenvalue weighted by Crippen LogP contribution is 2.41. The fraction of sp³-hybridized carbons (Fsp3) is 0.385. The molecule has 1 atom stereocenters. The molecular weight excluding hydrogens is 273 g/mol. The van der Waals surface area contributed by atoms with Gasteiger partial charge in [0.2, 0.25) is 0 Å². The molecule has 2 nitrogen and oxygen atoms in total. The topological polar surface area (TPSA) is 25.8 Å². The normalized spacial score (nSPS) is 13.5. The van der Waals surface area contributed by atoms with Crippen LogP contribution in [0.5, 0.6) is 0 Å². The number of aromatic nitrogens is 2. The fourth-order valence-corrected chi connectivity index (χ4v) is 2.94. The van der Waals surface area contributed by atoms with Crippen LogP contribution < -0.4 is 0 Å². The smallest absolute Gasteiger partial charge is 0.264 e. The van der Waals surface area contributed by atoms with Gasteiger partial charge in [-0.1, -0.05) is 6.92 Å². The molecule has 102 valence electrons. The molecule has 0 aliphatic rings. The van der Waals surface area contributed by atoms with Crippen molar-refractivity contribution < 1.29 is 13.2 Å². The van der Waals surface area contributed by atoms with Crippen molar-refractivity contribution in [3.05, 3.63) is 35.1 Å². The van der Waals surface area contributed by atoms with Crippen LogP contribution in [-0.2, 0) is 6.42 Å². The molecule has 0 saturated heterocycles. The molecule has 0 saturated carbocycles. The highest BCUT2D eigenvalue weighted by Gasteiger charge is 2.39. The molecule has 2 aromatic heterocycles. The zero-order valence-electron chi connectivity index (χ0n) is 10.5. The summed E-state index contributed by atoms with van der Waals surface area (Å²) in [7, 11) is 0. The monoisotopic (exact) mass is 286 g/mol. The van der Waals surface area contributed by atoms with Gasteiger partial charge in [0.05, 0.1) is 11.6 Å². The molecule has 2 aromatic rings. The standard InChI is InChI=1S/C13H13F3N2S/c1-3-10-11(8(2)13(14,15)16)19-12(18-10)9-5-4-6-17-7-9/h4-8H,3H2,1-2H3. The number of hydrogen-bond donors (Lipinski definition) is 0. The van der Waals surface area contributed by atoms with Crippen LogP contribution in [0.4, 0.5) is 13.2 Å². The zero-order chi connectivity index (χ0) is 14.0. The van der Waals surface area contributed by atoms with E-state index in [1.54, 1.807) is 24.5 Å². The van der Waals surface area contributed by atoms with Crippen LogP contribution in [-0.4, -0.2) is 16.1 Å². The van der Waals surface area contributed by atoms with Gasteiger partial charge in [-0.3, -0.25) is 4.98 Å². The summed E-state index contributed by atoms with van der Waals surface area (Å²) in [5, 5.41) is 0.594. The predicted octanol–water partition coefficient (Wildman–Crippen LogP) is 4.43. The predicted molar refractivity (Wildman–Crippen MR) is 69.2 cm³/mol. The van der Waals surface area contributed by atoms with Gasteiger partial charge in [0.1, 0.15) is 5.01 Å². The minimum absolute atomic E-state index is 0.300. The molecular formula is C13H13F3N2S. The SMILES string of the molecule is CCc1nc(-c2cccnc2)sc1C(C)C(F)(F)F. The van der Waals surface area contributed by atoms with Crippen LogP contribution in [0.25, 0.3) is 10.6 Å². The number of aryl methyl sites for hydroxylation is 1. The van der Waals surface area contributed by atoms with Crippen molar-refractivity contribution >= 4 is 11.3 Å². The molecule has 0 aromatic carbocycles. The van der Waals surface area contributed by atoms with Gasteiger partial charge in [-0.2, -0.15) is 13.2 Å². The molecule has 2 rings (SSSR count). The number of hydrogen-bond acceptors (Lipinski definition) is 3. The number of rotatable bonds is 3. The molecule has 2 heterocycles. The van der Waals surface area contributed by atoms with Crippen molar-refractivity contribution in [3.8, 4) is 10.6 Å². The first-order valence-corrected chi connectivity index (χ1v) is 6.71. The maximum Gasteiger partial charge on any atom is 0.396 e. The molecule has 0 bridgehead atoms. The second-order valence-electron chi connectivity index (χ2n) is 4.19. The fourth-order valence-electron chi connectivity index (χ4n) is 1.72. The van der Waals surface area contributed by atoms with E-state index in [2.05, 4.69) is 9.97 Å². The van der Waals surface area contributed by atoms with Crippen molar-refractivity contribution in [2.75, 3.05) is 0 Å². The van der Waals surface area contributed by atoms with Crippen molar-refractivity contribution in [3.63, 3.8) is 0 Å². The van der Waals surface area contributed by atoms with Crippen LogP contribution in [0.2, 0.25) is 0 Å². The maximum atomic E-state index is 12.8. The summed E-state index contributed by atoms with van der Waals surface area (Å²) in [6.45, 7) is 2.99. The van der Waals surface area contributed by atoms with Crippen LogP contribution in [0.1, 0.15) is 30.3 Å². The van der Waals surface area contributed by atoms with E-state index in [0.29, 0.717) is 22.0 Å². The van der Waals surface area contributed by atoms with Crippen LogP contribution in [0.3, 0.4) is 0 Å². The minimum Gasteiger partial charge on any atom is -0.264 e. The van der Waals surface area contributed by atoms with E-state index in [-0.39, 0.29) is 0 Å². The van der Waals surface area contributed by atoms with E-state index in [1.807, 2.05) is 6.92 Å². The molecule has 0 N–H and O–H groups in total. The first kappa shape index (κ1) is 14.0. The Hall–Kier alpha value is -1.43. The Labute approximate surface area is 113 Å². The third-order valence-electron chi connectivity index (χ3n) is 2.86. The third-order valence-corrected chi connectivity index (χ3v) is 4.18. The summed E-state index contributed by atoms with van der Waals surface area (Å²) in [6.07, 6.45) is -0.507. The number of nitrogens with zero attached hydrogens (tertiary/aromatic N) is 2. The van der Waals surface area contributed by atoms with Crippen molar-refractivity contribution in [1.82, 2.24) is 9.97 Å². The van der Waals surface area contributed by atoms with Crippen molar-refractivity contribution in [2.45, 2.75) is 32.4 Å². The first-order chi connectivity index (χ1) is 8.93. The average molecular weight is 286 g/mol. The van der Waals surface area contributed by atoms with E-state index in [1.165, 1.54) is 6.92 Å². The molecule has 0 fully saturated rings. The second-order valence-corrected chi connectivity index (χ2v) is 5.22. The van der Waals surface area contributed by atoms with E-state index in [4.69, 9.17) is 0 Å². The van der Waals surface area contributed by atoms with Gasteiger partial charge in [-0.05, 0) is 25.5 Å². The van der Waals surface area contributed by atoms with Gasteiger partial charge in [0, 0.05) is 22.8 Å². The summed E-state index contributed by atoms with van der Waals surface area (Å²) in [6, 6.07) is 3.54. The summed E-state index contributed by atoms with van der Waals surface area (Å²) in [5.41, 5.74) is 1.27. The Bertz CT molecular complexity index is 549. The van der Waals surface area contributed by atoms with E-state index < -0.39 is 12.1 Å². The first-order valence-electron chi connectivity index (χ1n) is 5.90. The summed E-state index contributed by atoms with van der Waals surface area (Å²) < 4.78 is 38.5. The minimum atomic E-state index is -4.23. The number of alkyl halides is 3. The van der Waals surface area contributed by atoms with Gasteiger partial charge < -0.3 is 0 Å². The van der Waals surface area contributed by atoms with E-state index >= 15 is 0 Å². The lowest BCUT2D eigenvalue weighted by Gasteiger charge is -2.14. The number of pyridine rings is 1. The summed E-state index contributed by atoms with van der Waals surface area (Å²) >= 11 is 1.10. The Morgan fingerprint density at radius 2 is 2.11 bits per heavy atom. The number of thiazole rings is 1. The highest BCUT2D eigenvalue weighted by atomic mass is 32.1. The van der Waals surface area contributed by atoms with E-state index in [0.717, 1.165) is 16.9 Å². The van der Waals surface area contributed by atoms with Crippen LogP contribution in [0, 0.1) is 0 Å². The highest BCUT2D eigenvalue weighted by molar-refractivity contribution is 7.15. The van der Waals surface area contributed by atoms with E-state index in [9.17, 15) is 13.2 Å². The molecule has 0 spiro atoms. The van der Waals surface area contributed by atoms with Gasteiger partial charge >= 0.3 is 6.18 Å². The lowest BCUT2D eigenvalue weighted by molar-refractivity contribution is -0.145. The molecule has 19 heavy (non-hydrogen) atoms. The molecule has 0 amide bonds. The summed E-state index contributed by atoms with van der Waals surface area (Å²) in [4.78, 5) is 8.58. The molecule has 0 aliphatic carbocycles. The third kappa shape index (κ3) is 2.94. The summed E-state index contributed by atoms with van der Waals surface area (Å²) in [5.74, 6) is -1.48. The molecule has 1 unspecified atom stereocenters. The maximum absolute atomic E-state index is 12.8. The van der Waals surface area contributed by atoms with Gasteiger partial charge in [0.25, 0.3) is 0 Å². The van der Waals surface area contributed by atoms with Crippen molar-refractivity contribution in [2.24, 2.45) is 0 Å².